The van der Waals surface area contributed by atoms with Crippen molar-refractivity contribution >= 4 is 5.97 Å². The summed E-state index contributed by atoms with van der Waals surface area (Å²) < 4.78 is 23.0. The summed E-state index contributed by atoms with van der Waals surface area (Å²) in [6.45, 7) is 4.65. The molecule has 0 aliphatic carbocycles. The maximum atomic E-state index is 12.9. The molecule has 9 heteroatoms. The lowest BCUT2D eigenvalue weighted by Crippen LogP contribution is -2.59. The third-order valence-corrected chi connectivity index (χ3v) is 14.5. The number of esters is 1. The molecule has 1 rings (SSSR count). The molecular formula is C59H116O9. The van der Waals surface area contributed by atoms with Crippen LogP contribution in [-0.4, -0.2) is 89.6 Å². The predicted octanol–water partition coefficient (Wildman–Crippen LogP) is 15.7. The lowest BCUT2D eigenvalue weighted by molar-refractivity contribution is -0.305. The van der Waals surface area contributed by atoms with Gasteiger partial charge in [-0.3, -0.25) is 4.79 Å². The van der Waals surface area contributed by atoms with Gasteiger partial charge in [-0.25, -0.2) is 0 Å². The topological polar surface area (TPSA) is 135 Å². The Bertz CT molecular complexity index is 1010. The van der Waals surface area contributed by atoms with Gasteiger partial charge < -0.3 is 39.4 Å². The summed E-state index contributed by atoms with van der Waals surface area (Å²) in [6, 6.07) is 0. The number of rotatable bonds is 54. The quantitative estimate of drug-likeness (QED) is 0.0347. The average molecular weight is 970 g/mol. The van der Waals surface area contributed by atoms with Crippen LogP contribution in [0.1, 0.15) is 309 Å². The molecule has 0 saturated carbocycles. The van der Waals surface area contributed by atoms with Gasteiger partial charge in [-0.15, -0.1) is 0 Å². The molecule has 406 valence electrons. The first-order valence-electron chi connectivity index (χ1n) is 30.1. The molecule has 4 N–H and O–H groups in total. The van der Waals surface area contributed by atoms with Gasteiger partial charge in [0, 0.05) is 13.0 Å². The van der Waals surface area contributed by atoms with E-state index < -0.39 is 43.4 Å². The molecule has 0 radical (unpaired) electrons. The smallest absolute Gasteiger partial charge is 0.306 e. The van der Waals surface area contributed by atoms with Crippen LogP contribution in [0, 0.1) is 0 Å². The number of aliphatic hydroxyl groups excluding tert-OH is 4. The van der Waals surface area contributed by atoms with E-state index in [0.717, 1.165) is 32.1 Å². The van der Waals surface area contributed by atoms with Crippen LogP contribution in [0.15, 0.2) is 0 Å². The Morgan fingerprint density at radius 3 is 1.04 bits per heavy atom. The molecule has 0 aromatic heterocycles. The first kappa shape index (κ1) is 65.2. The van der Waals surface area contributed by atoms with E-state index >= 15 is 0 Å². The van der Waals surface area contributed by atoms with Gasteiger partial charge in [-0.05, 0) is 12.8 Å². The van der Waals surface area contributed by atoms with Crippen LogP contribution in [0.25, 0.3) is 0 Å². The van der Waals surface area contributed by atoms with Gasteiger partial charge in [0.05, 0.1) is 19.8 Å². The van der Waals surface area contributed by atoms with Gasteiger partial charge in [-0.2, -0.15) is 0 Å². The van der Waals surface area contributed by atoms with E-state index in [2.05, 4.69) is 13.8 Å². The summed E-state index contributed by atoms with van der Waals surface area (Å²) in [6.07, 6.45) is 53.0. The van der Waals surface area contributed by atoms with Crippen LogP contribution in [0.5, 0.6) is 0 Å². The highest BCUT2D eigenvalue weighted by Crippen LogP contribution is 2.23. The van der Waals surface area contributed by atoms with Crippen LogP contribution >= 0.6 is 0 Å². The fraction of sp³-hybridized carbons (Fsp3) is 0.983. The van der Waals surface area contributed by atoms with Gasteiger partial charge in [-0.1, -0.05) is 290 Å². The lowest BCUT2D eigenvalue weighted by atomic mass is 9.99. The summed E-state index contributed by atoms with van der Waals surface area (Å²) in [5.41, 5.74) is 0. The summed E-state index contributed by atoms with van der Waals surface area (Å²) in [5.74, 6) is -0.302. The van der Waals surface area contributed by atoms with Crippen molar-refractivity contribution in [2.75, 3.05) is 26.4 Å². The van der Waals surface area contributed by atoms with E-state index in [9.17, 15) is 25.2 Å². The van der Waals surface area contributed by atoms with Crippen LogP contribution < -0.4 is 0 Å². The third kappa shape index (κ3) is 40.7. The molecule has 9 nitrogen and oxygen atoms in total. The van der Waals surface area contributed by atoms with Gasteiger partial charge in [0.2, 0.25) is 0 Å². The minimum atomic E-state index is -1.53. The Kier molecular flexibility index (Phi) is 49.0. The van der Waals surface area contributed by atoms with E-state index in [1.807, 2.05) is 0 Å². The number of ether oxygens (including phenoxy) is 4. The van der Waals surface area contributed by atoms with E-state index in [0.29, 0.717) is 13.0 Å². The van der Waals surface area contributed by atoms with Gasteiger partial charge >= 0.3 is 5.97 Å². The molecule has 0 bridgehead atoms. The maximum Gasteiger partial charge on any atom is 0.306 e. The maximum absolute atomic E-state index is 12.9. The molecule has 1 aliphatic heterocycles. The summed E-state index contributed by atoms with van der Waals surface area (Å²) >= 11 is 0. The molecule has 0 aromatic carbocycles. The Hall–Kier alpha value is -0.810. The van der Waals surface area contributed by atoms with E-state index in [1.54, 1.807) is 0 Å². The van der Waals surface area contributed by atoms with Gasteiger partial charge in [0.15, 0.2) is 6.29 Å². The molecule has 1 aliphatic rings. The van der Waals surface area contributed by atoms with Crippen LogP contribution in [-0.2, 0) is 23.7 Å². The Morgan fingerprint density at radius 2 is 0.721 bits per heavy atom. The molecule has 0 amide bonds. The molecule has 0 aromatic rings. The second-order valence-corrected chi connectivity index (χ2v) is 21.2. The zero-order valence-electron chi connectivity index (χ0n) is 45.1. The fourth-order valence-corrected chi connectivity index (χ4v) is 9.85. The van der Waals surface area contributed by atoms with Crippen LogP contribution in [0.4, 0.5) is 0 Å². The van der Waals surface area contributed by atoms with E-state index in [-0.39, 0.29) is 19.2 Å². The normalized spacial score (nSPS) is 18.9. The van der Waals surface area contributed by atoms with Crippen molar-refractivity contribution in [1.29, 1.82) is 0 Å². The molecule has 1 heterocycles. The number of hydrogen-bond donors (Lipinski definition) is 4. The lowest BCUT2D eigenvalue weighted by Gasteiger charge is -2.39. The minimum Gasteiger partial charge on any atom is -0.457 e. The van der Waals surface area contributed by atoms with Crippen molar-refractivity contribution in [2.45, 2.75) is 346 Å². The standard InChI is InChI=1S/C59H116O9/c1-3-5-7-9-11-13-15-17-19-21-23-25-26-27-28-29-30-32-34-36-38-40-42-44-46-48-55(61)67-53(52-66-59-58(64)57(63)56(62)54(50-60)68-59)51-65-49-47-45-43-41-39-37-35-33-31-24-22-20-18-16-14-12-10-8-6-4-2/h53-54,56-60,62-64H,3-52H2,1-2H3. The number of carbonyl (C=O) groups is 1. The Labute approximate surface area is 421 Å². The highest BCUT2D eigenvalue weighted by Gasteiger charge is 2.44. The van der Waals surface area contributed by atoms with Crippen LogP contribution in [0.2, 0.25) is 0 Å². The zero-order chi connectivity index (χ0) is 49.2. The highest BCUT2D eigenvalue weighted by molar-refractivity contribution is 5.69. The van der Waals surface area contributed by atoms with Crippen molar-refractivity contribution < 1.29 is 44.2 Å². The summed E-state index contributed by atoms with van der Waals surface area (Å²) in [5, 5.41) is 40.4. The second kappa shape index (κ2) is 51.1. The molecular weight excluding hydrogens is 853 g/mol. The first-order valence-corrected chi connectivity index (χ1v) is 30.1. The fourth-order valence-electron chi connectivity index (χ4n) is 9.85. The van der Waals surface area contributed by atoms with Gasteiger partial charge in [0.25, 0.3) is 0 Å². The third-order valence-electron chi connectivity index (χ3n) is 14.5. The van der Waals surface area contributed by atoms with Crippen molar-refractivity contribution in [2.24, 2.45) is 0 Å². The van der Waals surface area contributed by atoms with Crippen molar-refractivity contribution in [3.05, 3.63) is 0 Å². The molecule has 0 spiro atoms. The zero-order valence-corrected chi connectivity index (χ0v) is 45.1. The molecule has 1 fully saturated rings. The van der Waals surface area contributed by atoms with Crippen molar-refractivity contribution in [1.82, 2.24) is 0 Å². The number of hydrogen-bond acceptors (Lipinski definition) is 9. The largest absolute Gasteiger partial charge is 0.457 e. The number of aliphatic hydroxyl groups is 4. The second-order valence-electron chi connectivity index (χ2n) is 21.2. The van der Waals surface area contributed by atoms with Gasteiger partial charge in [0.1, 0.15) is 30.5 Å². The van der Waals surface area contributed by atoms with Crippen molar-refractivity contribution in [3.8, 4) is 0 Å². The highest BCUT2D eigenvalue weighted by atomic mass is 16.7. The monoisotopic (exact) mass is 969 g/mol. The van der Waals surface area contributed by atoms with Crippen LogP contribution in [0.3, 0.4) is 0 Å². The molecule has 68 heavy (non-hydrogen) atoms. The average Bonchev–Trinajstić information content (AvgIpc) is 3.34. The van der Waals surface area contributed by atoms with E-state index in [4.69, 9.17) is 18.9 Å². The summed E-state index contributed by atoms with van der Waals surface area (Å²) in [4.78, 5) is 12.9. The molecule has 6 atom stereocenters. The number of carbonyl (C=O) groups excluding carboxylic acids is 1. The Balaban J connectivity index is 2.10. The minimum absolute atomic E-state index is 0.104. The molecule has 6 unspecified atom stereocenters. The van der Waals surface area contributed by atoms with Crippen molar-refractivity contribution in [3.63, 3.8) is 0 Å². The predicted molar refractivity (Wildman–Crippen MR) is 284 cm³/mol. The summed E-state index contributed by atoms with van der Waals surface area (Å²) in [7, 11) is 0. The SMILES string of the molecule is CCCCCCCCCCCCCCCCCCCCCCCCCCCC(=O)OC(COCCCCCCCCCCCCCCCCCCCCCC)COC1OC(CO)C(O)C(O)C1O. The number of unbranched alkanes of at least 4 members (excludes halogenated alkanes) is 43. The van der Waals surface area contributed by atoms with E-state index in [1.165, 1.54) is 257 Å². The Morgan fingerprint density at radius 1 is 0.412 bits per heavy atom. The first-order chi connectivity index (χ1) is 33.4. The molecule has 1 saturated heterocycles.